The fourth-order valence-corrected chi connectivity index (χ4v) is 7.06. The first-order valence-electron chi connectivity index (χ1n) is 18.3. The third-order valence-corrected chi connectivity index (χ3v) is 9.90. The molecule has 5 N–H and O–H groups in total. The second-order valence-electron chi connectivity index (χ2n) is 15.6. The molecule has 1 atom stereocenters. The number of nitrogens with one attached hydrogen (secondary N) is 1. The summed E-state index contributed by atoms with van der Waals surface area (Å²) in [7, 11) is 1.61. The van der Waals surface area contributed by atoms with E-state index in [1.165, 1.54) is 63.1 Å². The molecule has 22 heteroatoms. The van der Waals surface area contributed by atoms with Crippen LogP contribution in [0.2, 0.25) is 0 Å². The summed E-state index contributed by atoms with van der Waals surface area (Å²) >= 11 is 0. The van der Waals surface area contributed by atoms with Crippen LogP contribution in [0.3, 0.4) is 0 Å². The van der Waals surface area contributed by atoms with E-state index in [4.69, 9.17) is 0 Å². The van der Waals surface area contributed by atoms with Crippen LogP contribution in [-0.4, -0.2) is 99.6 Å². The number of hydrogen-bond acceptors (Lipinski definition) is 12. The van der Waals surface area contributed by atoms with Crippen molar-refractivity contribution in [2.75, 3.05) is 6.54 Å². The Morgan fingerprint density at radius 3 is 2.28 bits per heavy atom. The van der Waals surface area contributed by atoms with Gasteiger partial charge in [0.15, 0.2) is 17.3 Å². The molecule has 1 aliphatic rings. The van der Waals surface area contributed by atoms with Gasteiger partial charge in [0.2, 0.25) is 5.91 Å². The van der Waals surface area contributed by atoms with Crippen LogP contribution in [-0.2, 0) is 49.1 Å². The number of nitrogens with zero attached hydrogens (tertiary/aromatic N) is 10. The molecule has 1 unspecified atom stereocenters. The van der Waals surface area contributed by atoms with Crippen molar-refractivity contribution in [3.05, 3.63) is 95.1 Å². The summed E-state index contributed by atoms with van der Waals surface area (Å²) in [6.07, 6.45) is -2.79. The lowest BCUT2D eigenvalue weighted by Crippen LogP contribution is -2.58. The van der Waals surface area contributed by atoms with Gasteiger partial charge in [0.1, 0.15) is 28.7 Å². The minimum absolute atomic E-state index is 0.0150. The largest absolute Gasteiger partial charge is 0.435 e. The van der Waals surface area contributed by atoms with Crippen molar-refractivity contribution in [1.29, 1.82) is 0 Å². The molecule has 6 aromatic rings. The number of aromatic nitrogens is 9. The summed E-state index contributed by atoms with van der Waals surface area (Å²) < 4.78 is 76.0. The zero-order valence-electron chi connectivity index (χ0n) is 32.6. The first-order valence-corrected chi connectivity index (χ1v) is 18.3. The highest BCUT2D eigenvalue weighted by Gasteiger charge is 2.41. The van der Waals surface area contributed by atoms with Gasteiger partial charge in [-0.25, -0.2) is 23.7 Å². The topological polar surface area (TPSA) is 222 Å². The number of hydrogen-bond donors (Lipinski definition) is 5. The van der Waals surface area contributed by atoms with Gasteiger partial charge in [-0.2, -0.15) is 33.1 Å². The van der Waals surface area contributed by atoms with Crippen molar-refractivity contribution < 1.29 is 52.0 Å². The number of aliphatic hydroxyl groups is 4. The lowest BCUT2D eigenvalue weighted by Gasteiger charge is -2.37. The van der Waals surface area contributed by atoms with E-state index in [-0.39, 0.29) is 65.4 Å². The van der Waals surface area contributed by atoms with Gasteiger partial charge in [0, 0.05) is 55.8 Å². The molecule has 0 spiro atoms. The van der Waals surface area contributed by atoms with Gasteiger partial charge < -0.3 is 30.6 Å². The summed E-state index contributed by atoms with van der Waals surface area (Å²) in [5.74, 6) is -3.51. The molecule has 0 bridgehead atoms. The molecule has 2 amide bonds. The number of rotatable bonds is 11. The number of halogens is 5. The molecule has 0 saturated heterocycles. The Kier molecular flexibility index (Phi) is 10.3. The smallest absolute Gasteiger partial charge is 0.382 e. The fourth-order valence-electron chi connectivity index (χ4n) is 7.06. The van der Waals surface area contributed by atoms with E-state index < -0.39 is 64.2 Å². The first-order chi connectivity index (χ1) is 27.9. The molecular formula is C38H38F5N11O6. The monoisotopic (exact) mass is 839 g/mol. The van der Waals surface area contributed by atoms with Crippen LogP contribution in [0.25, 0.3) is 33.5 Å². The van der Waals surface area contributed by atoms with Gasteiger partial charge in [-0.15, -0.1) is 0 Å². The standard InChI is InChI=1S/C38H38F5N11O6/c1-35(2,18-53-26(12-29(50-53)37(41,42)43)20-14-44-34(45-15-20)36(3,4)57)49-32(55)28(10-19-13-47-54(17-19)38(58,59)60)52-9-8-21-22(6-7-23(39)30(21)33(52)56)31-24(40)11-27-25(48-31)16-46-51(27)5/h6-7,11-17,28,57-60H,8-10,18H2,1-5H3,(H,49,55). The predicted octanol–water partition coefficient (Wildman–Crippen LogP) is 2.76. The lowest BCUT2D eigenvalue weighted by molar-refractivity contribution is -0.381. The average molecular weight is 840 g/mol. The van der Waals surface area contributed by atoms with E-state index in [1.807, 2.05) is 0 Å². The molecule has 6 heterocycles. The number of amides is 2. The quantitative estimate of drug-likeness (QED) is 0.0939. The van der Waals surface area contributed by atoms with Gasteiger partial charge in [0.25, 0.3) is 5.91 Å². The Hall–Kier alpha value is -6.23. The summed E-state index contributed by atoms with van der Waals surface area (Å²) in [6, 6.07) is 2.79. The third-order valence-electron chi connectivity index (χ3n) is 9.90. The molecule has 7 rings (SSSR count). The number of carbonyl (C=O) groups is 2. The maximum Gasteiger partial charge on any atom is 0.435 e. The van der Waals surface area contributed by atoms with E-state index >= 15 is 8.78 Å². The van der Waals surface area contributed by atoms with Gasteiger partial charge in [-0.1, -0.05) is 0 Å². The molecule has 60 heavy (non-hydrogen) atoms. The van der Waals surface area contributed by atoms with Crippen LogP contribution < -0.4 is 5.32 Å². The Labute approximate surface area is 336 Å². The molecule has 1 aliphatic heterocycles. The molecule has 0 radical (unpaired) electrons. The third kappa shape index (κ3) is 8.17. The maximum atomic E-state index is 15.7. The zero-order valence-corrected chi connectivity index (χ0v) is 32.6. The van der Waals surface area contributed by atoms with Crippen LogP contribution in [0.4, 0.5) is 22.0 Å². The first kappa shape index (κ1) is 41.9. The van der Waals surface area contributed by atoms with Crippen LogP contribution >= 0.6 is 0 Å². The van der Waals surface area contributed by atoms with E-state index in [1.54, 1.807) is 7.05 Å². The van der Waals surface area contributed by atoms with E-state index in [0.29, 0.717) is 15.7 Å². The van der Waals surface area contributed by atoms with Crippen molar-refractivity contribution in [2.45, 2.75) is 76.5 Å². The maximum absolute atomic E-state index is 15.7. The molecule has 0 saturated carbocycles. The average Bonchev–Trinajstić information content (AvgIpc) is 3.89. The van der Waals surface area contributed by atoms with Gasteiger partial charge in [-0.05, 0) is 63.4 Å². The molecule has 1 aromatic carbocycles. The zero-order chi connectivity index (χ0) is 43.7. The number of fused-ring (bicyclic) bond motifs is 2. The summed E-state index contributed by atoms with van der Waals surface area (Å²) in [5, 5.41) is 53.6. The van der Waals surface area contributed by atoms with Crippen molar-refractivity contribution in [3.8, 4) is 22.5 Å². The van der Waals surface area contributed by atoms with Crippen LogP contribution in [0, 0.1) is 11.6 Å². The van der Waals surface area contributed by atoms with E-state index in [0.717, 1.165) is 34.1 Å². The second-order valence-corrected chi connectivity index (χ2v) is 15.6. The van der Waals surface area contributed by atoms with E-state index in [2.05, 4.69) is 35.6 Å². The van der Waals surface area contributed by atoms with Crippen LogP contribution in [0.15, 0.2) is 55.2 Å². The van der Waals surface area contributed by atoms with Gasteiger partial charge in [-0.3, -0.25) is 19.0 Å². The Morgan fingerprint density at radius 2 is 1.65 bits per heavy atom. The number of alkyl halides is 3. The number of pyridine rings is 1. The molecule has 5 aromatic heterocycles. The van der Waals surface area contributed by atoms with Crippen molar-refractivity contribution in [1.82, 2.24) is 54.5 Å². The highest BCUT2D eigenvalue weighted by molar-refractivity contribution is 6.01. The summed E-state index contributed by atoms with van der Waals surface area (Å²) in [4.78, 5) is 42.4. The fraction of sp³-hybridized carbons (Fsp3) is 0.368. The highest BCUT2D eigenvalue weighted by atomic mass is 19.4. The van der Waals surface area contributed by atoms with Gasteiger partial charge >= 0.3 is 12.3 Å². The summed E-state index contributed by atoms with van der Waals surface area (Å²) in [6.45, 7) is 5.26. The summed E-state index contributed by atoms with van der Waals surface area (Å²) in [5.41, 5.74) is -3.52. The Morgan fingerprint density at radius 1 is 0.950 bits per heavy atom. The highest BCUT2D eigenvalue weighted by Crippen LogP contribution is 2.36. The Bertz CT molecular complexity index is 2620. The Balaban J connectivity index is 1.23. The minimum atomic E-state index is -4.86. The van der Waals surface area contributed by atoms with Crippen molar-refractivity contribution in [3.63, 3.8) is 0 Å². The van der Waals surface area contributed by atoms with Crippen LogP contribution in [0.1, 0.15) is 60.7 Å². The van der Waals surface area contributed by atoms with Crippen molar-refractivity contribution in [2.24, 2.45) is 7.05 Å². The molecule has 316 valence electrons. The second kappa shape index (κ2) is 14.8. The normalized spacial score (nSPS) is 14.5. The minimum Gasteiger partial charge on any atom is -0.382 e. The number of benzene rings is 1. The predicted molar refractivity (Wildman–Crippen MR) is 199 cm³/mol. The van der Waals surface area contributed by atoms with Gasteiger partial charge in [0.05, 0.1) is 41.3 Å². The van der Waals surface area contributed by atoms with Crippen LogP contribution in [0.5, 0.6) is 0 Å². The molecule has 0 aliphatic carbocycles. The van der Waals surface area contributed by atoms with Crippen molar-refractivity contribution >= 4 is 22.8 Å². The number of aryl methyl sites for hydroxylation is 1. The molecular weight excluding hydrogens is 801 g/mol. The number of carbonyl (C=O) groups excluding carboxylic acids is 2. The lowest BCUT2D eigenvalue weighted by atomic mass is 9.90. The van der Waals surface area contributed by atoms with E-state index in [9.17, 15) is 43.2 Å². The SMILES string of the molecule is Cn1ncc2nc(-c3ccc(F)c4c3CCN(C(Cc3cnn(C(O)(O)O)c3)C(=O)NC(C)(C)Cn3nc(C(F)(F)F)cc3-c3cnc(C(C)(C)O)nc3)C4=O)c(F)cc21. The molecule has 0 fully saturated rings. The molecule has 17 nitrogen and oxygen atoms in total.